The summed E-state index contributed by atoms with van der Waals surface area (Å²) >= 11 is 0. The number of hydrogen-bond donors (Lipinski definition) is 2. The second kappa shape index (κ2) is 7.93. The third kappa shape index (κ3) is 4.12. The molecule has 0 aromatic rings. The highest BCUT2D eigenvalue weighted by Crippen LogP contribution is 2.48. The Labute approximate surface area is 138 Å². The highest BCUT2D eigenvalue weighted by atomic mass is 16.5. The molecule has 0 aromatic heterocycles. The minimum absolute atomic E-state index is 0.177. The van der Waals surface area contributed by atoms with Gasteiger partial charge in [0.2, 0.25) is 0 Å². The Morgan fingerprint density at radius 2 is 1.35 bits per heavy atom. The first-order valence-electron chi connectivity index (χ1n) is 8.58. The molecule has 1 fully saturated rings. The molecule has 4 N–H and O–H groups in total. The fourth-order valence-corrected chi connectivity index (χ4v) is 3.41. The Morgan fingerprint density at radius 1 is 0.957 bits per heavy atom. The number of allylic oxidation sites excluding steroid dienone is 2. The summed E-state index contributed by atoms with van der Waals surface area (Å²) in [7, 11) is 3.72. The second-order valence-electron chi connectivity index (χ2n) is 6.78. The van der Waals surface area contributed by atoms with Crippen molar-refractivity contribution in [1.82, 2.24) is 0 Å². The molecule has 0 saturated heterocycles. The summed E-state index contributed by atoms with van der Waals surface area (Å²) in [5, 5.41) is 3.68. The lowest BCUT2D eigenvalue weighted by molar-refractivity contribution is -0.648. The van der Waals surface area contributed by atoms with E-state index in [1.54, 1.807) is 0 Å². The van der Waals surface area contributed by atoms with Crippen molar-refractivity contribution in [1.29, 1.82) is 0 Å². The molecule has 6 atom stereocenters. The number of quaternary nitrogens is 2. The maximum atomic E-state index is 11.9. The van der Waals surface area contributed by atoms with Crippen LogP contribution in [0.2, 0.25) is 0 Å². The van der Waals surface area contributed by atoms with Crippen molar-refractivity contribution in [3.05, 3.63) is 12.2 Å². The molecule has 0 aliphatic heterocycles. The Bertz CT molecular complexity index is 426. The summed E-state index contributed by atoms with van der Waals surface area (Å²) in [6.07, 6.45) is 5.52. The second-order valence-corrected chi connectivity index (χ2v) is 6.78. The van der Waals surface area contributed by atoms with Crippen molar-refractivity contribution in [3.63, 3.8) is 0 Å². The molecule has 23 heavy (non-hydrogen) atoms. The number of nitrogens with two attached hydrogens (primary N) is 2. The van der Waals surface area contributed by atoms with E-state index in [0.29, 0.717) is 25.0 Å². The predicted molar refractivity (Wildman–Crippen MR) is 84.3 cm³/mol. The van der Waals surface area contributed by atoms with Crippen molar-refractivity contribution in [3.8, 4) is 0 Å². The monoisotopic (exact) mass is 326 g/mol. The van der Waals surface area contributed by atoms with Crippen LogP contribution in [0.5, 0.6) is 0 Å². The molecule has 2 aliphatic rings. The van der Waals surface area contributed by atoms with E-state index in [9.17, 15) is 9.59 Å². The van der Waals surface area contributed by atoms with Crippen LogP contribution >= 0.6 is 0 Å². The van der Waals surface area contributed by atoms with E-state index >= 15 is 0 Å². The molecular formula is C17H30N2O4+2. The molecule has 6 nitrogen and oxygen atoms in total. The van der Waals surface area contributed by atoms with Crippen LogP contribution in [0.3, 0.4) is 0 Å². The molecule has 130 valence electrons. The highest BCUT2D eigenvalue weighted by molar-refractivity contribution is 5.74. The van der Waals surface area contributed by atoms with Gasteiger partial charge in [0.15, 0.2) is 12.1 Å². The van der Waals surface area contributed by atoms with Gasteiger partial charge in [-0.15, -0.1) is 0 Å². The molecule has 0 spiro atoms. The number of carbonyl (C=O) groups excluding carboxylic acids is 2. The lowest BCUT2D eigenvalue weighted by atomic mass is 9.84. The van der Waals surface area contributed by atoms with E-state index < -0.39 is 0 Å². The Hall–Kier alpha value is -1.40. The third-order valence-electron chi connectivity index (χ3n) is 5.38. The molecule has 0 radical (unpaired) electrons. The molecule has 2 aliphatic carbocycles. The van der Waals surface area contributed by atoms with Crippen LogP contribution in [0.15, 0.2) is 12.2 Å². The average molecular weight is 326 g/mol. The van der Waals surface area contributed by atoms with Gasteiger partial charge in [-0.1, -0.05) is 12.2 Å². The third-order valence-corrected chi connectivity index (χ3v) is 5.38. The molecule has 2 unspecified atom stereocenters. The van der Waals surface area contributed by atoms with E-state index in [1.807, 2.05) is 38.6 Å². The standard InChI is InChI=1S/C17H28N2O4/c1-10(18-3)16(20)22-8-14-12-5-6-13(7-12)15(14)9-23-17(21)11(2)19-4/h5-6,10-15,18-19H,7-9H2,1-4H3/p+2/t10-,11-,12?,13?,14-,15-/m0/s1. The lowest BCUT2D eigenvalue weighted by Gasteiger charge is -2.27. The van der Waals surface area contributed by atoms with E-state index in [-0.39, 0.29) is 35.9 Å². The molecule has 2 rings (SSSR count). The summed E-state index contributed by atoms with van der Waals surface area (Å²) < 4.78 is 11.0. The quantitative estimate of drug-likeness (QED) is 0.428. The number of ether oxygens (including phenoxy) is 2. The number of carbonyl (C=O) groups is 2. The summed E-state index contributed by atoms with van der Waals surface area (Å²) in [6, 6.07) is -0.359. The van der Waals surface area contributed by atoms with E-state index in [1.165, 1.54) is 0 Å². The Balaban J connectivity index is 1.88. The van der Waals surface area contributed by atoms with Crippen LogP contribution in [0, 0.1) is 23.7 Å². The number of fused-ring (bicyclic) bond motifs is 2. The van der Waals surface area contributed by atoms with E-state index in [4.69, 9.17) is 9.47 Å². The summed E-state index contributed by atoms with van der Waals surface area (Å²) in [6.45, 7) is 4.51. The van der Waals surface area contributed by atoms with Crippen LogP contribution in [0.1, 0.15) is 20.3 Å². The minimum atomic E-state index is -0.179. The Morgan fingerprint density at radius 3 is 1.70 bits per heavy atom. The lowest BCUT2D eigenvalue weighted by Crippen LogP contribution is -2.87. The smallest absolute Gasteiger partial charge is 0.364 e. The van der Waals surface area contributed by atoms with Gasteiger partial charge in [-0.2, -0.15) is 0 Å². The molecule has 2 bridgehead atoms. The molecule has 1 saturated carbocycles. The van der Waals surface area contributed by atoms with Crippen molar-refractivity contribution in [2.75, 3.05) is 27.3 Å². The molecule has 0 heterocycles. The van der Waals surface area contributed by atoms with Crippen LogP contribution in [0.25, 0.3) is 0 Å². The minimum Gasteiger partial charge on any atom is -0.461 e. The van der Waals surface area contributed by atoms with Gasteiger partial charge in [-0.05, 0) is 32.1 Å². The van der Waals surface area contributed by atoms with Crippen molar-refractivity contribution >= 4 is 11.9 Å². The number of esters is 2. The first kappa shape index (κ1) is 17.9. The largest absolute Gasteiger partial charge is 0.461 e. The van der Waals surface area contributed by atoms with Gasteiger partial charge in [-0.25, -0.2) is 9.59 Å². The number of rotatable bonds is 8. The topological polar surface area (TPSA) is 85.8 Å². The van der Waals surface area contributed by atoms with Crippen molar-refractivity contribution in [2.24, 2.45) is 23.7 Å². The molecule has 0 amide bonds. The fraction of sp³-hybridized carbons (Fsp3) is 0.765. The predicted octanol–water partition coefficient (Wildman–Crippen LogP) is -1.33. The number of likely N-dealkylation sites (N-methyl/N-ethyl adjacent to an activating group) is 2. The SMILES string of the molecule is C[NH2+][C@@H](C)C(=O)OC[C@H]1C2C=CC(C2)[C@@H]1COC(=O)[C@H](C)[NH2+]C. The first-order valence-corrected chi connectivity index (χ1v) is 8.58. The zero-order valence-electron chi connectivity index (χ0n) is 14.5. The number of hydrogen-bond acceptors (Lipinski definition) is 4. The Kier molecular flexibility index (Phi) is 6.18. The average Bonchev–Trinajstić information content (AvgIpc) is 3.17. The fourth-order valence-electron chi connectivity index (χ4n) is 3.41. The first-order chi connectivity index (χ1) is 11.0. The maximum Gasteiger partial charge on any atom is 0.364 e. The highest BCUT2D eigenvalue weighted by Gasteiger charge is 2.45. The van der Waals surface area contributed by atoms with Crippen LogP contribution in [-0.2, 0) is 19.1 Å². The molecular weight excluding hydrogens is 296 g/mol. The van der Waals surface area contributed by atoms with Gasteiger partial charge in [0, 0.05) is 11.8 Å². The summed E-state index contributed by atoms with van der Waals surface area (Å²) in [5.74, 6) is 1.03. The summed E-state index contributed by atoms with van der Waals surface area (Å²) in [4.78, 5) is 23.8. The van der Waals surface area contributed by atoms with Crippen LogP contribution in [0.4, 0.5) is 0 Å². The molecule has 0 aromatic carbocycles. The van der Waals surface area contributed by atoms with Gasteiger partial charge in [0.25, 0.3) is 0 Å². The van der Waals surface area contributed by atoms with E-state index in [0.717, 1.165) is 6.42 Å². The zero-order chi connectivity index (χ0) is 17.0. The van der Waals surface area contributed by atoms with Gasteiger partial charge >= 0.3 is 11.9 Å². The summed E-state index contributed by atoms with van der Waals surface area (Å²) in [5.41, 5.74) is 0. The van der Waals surface area contributed by atoms with Gasteiger partial charge < -0.3 is 20.1 Å². The van der Waals surface area contributed by atoms with Crippen molar-refractivity contribution < 1.29 is 29.7 Å². The van der Waals surface area contributed by atoms with Gasteiger partial charge in [-0.3, -0.25) is 0 Å². The molecule has 6 heteroatoms. The normalized spacial score (nSPS) is 31.0. The zero-order valence-corrected chi connectivity index (χ0v) is 14.5. The van der Waals surface area contributed by atoms with Crippen molar-refractivity contribution in [2.45, 2.75) is 32.4 Å². The van der Waals surface area contributed by atoms with Crippen LogP contribution in [-0.4, -0.2) is 51.3 Å². The van der Waals surface area contributed by atoms with Crippen LogP contribution < -0.4 is 10.6 Å². The maximum absolute atomic E-state index is 11.9. The van der Waals surface area contributed by atoms with Gasteiger partial charge in [0.05, 0.1) is 27.3 Å². The van der Waals surface area contributed by atoms with E-state index in [2.05, 4.69) is 12.2 Å². The van der Waals surface area contributed by atoms with Gasteiger partial charge in [0.1, 0.15) is 0 Å².